The Balaban J connectivity index is 1.88. The number of alkyl halides is 1. The van der Waals surface area contributed by atoms with Crippen molar-refractivity contribution in [2.75, 3.05) is 7.11 Å². The molecule has 19 heavy (non-hydrogen) atoms. The van der Waals surface area contributed by atoms with E-state index in [-0.39, 0.29) is 0 Å². The first kappa shape index (κ1) is 13.8. The molecule has 1 N–H and O–H groups in total. The maximum atomic E-state index is 5.76. The summed E-state index contributed by atoms with van der Waals surface area (Å²) in [4.78, 5) is 4.17. The summed E-state index contributed by atoms with van der Waals surface area (Å²) < 4.78 is 5.21. The fraction of sp³-hybridized carbons (Fsp3) is 0.267. The average molecular weight is 277 g/mol. The van der Waals surface area contributed by atoms with Gasteiger partial charge in [0, 0.05) is 30.7 Å². The minimum atomic E-state index is 0.556. The number of aromatic nitrogens is 1. The summed E-state index contributed by atoms with van der Waals surface area (Å²) in [5.74, 6) is 1.23. The normalized spacial score (nSPS) is 10.4. The van der Waals surface area contributed by atoms with Crippen LogP contribution in [0.2, 0.25) is 0 Å². The van der Waals surface area contributed by atoms with Crippen LogP contribution in [0, 0.1) is 0 Å². The summed E-state index contributed by atoms with van der Waals surface area (Å²) in [6.07, 6.45) is 1.73. The lowest BCUT2D eigenvalue weighted by Crippen LogP contribution is -2.13. The second kappa shape index (κ2) is 7.12. The van der Waals surface area contributed by atoms with Crippen LogP contribution < -0.4 is 10.1 Å². The van der Waals surface area contributed by atoms with Gasteiger partial charge in [-0.15, -0.1) is 11.6 Å². The van der Waals surface area contributed by atoms with Crippen molar-refractivity contribution in [1.29, 1.82) is 0 Å². The van der Waals surface area contributed by atoms with Gasteiger partial charge in [0.15, 0.2) is 0 Å². The van der Waals surface area contributed by atoms with Crippen LogP contribution in [0.3, 0.4) is 0 Å². The number of pyridine rings is 1. The van der Waals surface area contributed by atoms with Crippen molar-refractivity contribution in [2.24, 2.45) is 0 Å². The molecule has 1 heterocycles. The highest BCUT2D eigenvalue weighted by atomic mass is 35.5. The summed E-state index contributed by atoms with van der Waals surface area (Å²) in [7, 11) is 1.64. The van der Waals surface area contributed by atoms with Crippen LogP contribution in [0.5, 0.6) is 5.88 Å². The molecule has 100 valence electrons. The Kier molecular flexibility index (Phi) is 5.19. The molecule has 0 atom stereocenters. The Morgan fingerprint density at radius 2 is 1.84 bits per heavy atom. The van der Waals surface area contributed by atoms with Crippen LogP contribution in [0.25, 0.3) is 0 Å². The van der Waals surface area contributed by atoms with Gasteiger partial charge in [0.25, 0.3) is 0 Å². The molecule has 0 amide bonds. The van der Waals surface area contributed by atoms with Crippen molar-refractivity contribution in [3.63, 3.8) is 0 Å². The van der Waals surface area contributed by atoms with E-state index in [2.05, 4.69) is 34.6 Å². The summed E-state index contributed by atoms with van der Waals surface area (Å²) in [6, 6.07) is 12.2. The number of halogens is 1. The molecule has 0 aliphatic rings. The highest BCUT2D eigenvalue weighted by Gasteiger charge is 2.02. The number of hydrogen-bond acceptors (Lipinski definition) is 3. The van der Waals surface area contributed by atoms with Crippen LogP contribution in [0.15, 0.2) is 42.6 Å². The second-order valence-electron chi connectivity index (χ2n) is 4.23. The van der Waals surface area contributed by atoms with Gasteiger partial charge in [-0.05, 0) is 17.2 Å². The molecule has 3 nitrogen and oxygen atoms in total. The molecule has 0 saturated carbocycles. The van der Waals surface area contributed by atoms with Crippen LogP contribution in [0.4, 0.5) is 0 Å². The van der Waals surface area contributed by atoms with Gasteiger partial charge in [-0.1, -0.05) is 30.3 Å². The third-order valence-corrected chi connectivity index (χ3v) is 3.17. The quantitative estimate of drug-likeness (QED) is 0.823. The van der Waals surface area contributed by atoms with E-state index in [1.807, 2.05) is 12.1 Å². The maximum absolute atomic E-state index is 5.76. The molecule has 0 spiro atoms. The Morgan fingerprint density at radius 3 is 2.53 bits per heavy atom. The first-order chi connectivity index (χ1) is 9.33. The topological polar surface area (TPSA) is 34.1 Å². The molecule has 1 aromatic carbocycles. The van der Waals surface area contributed by atoms with Crippen molar-refractivity contribution < 1.29 is 4.74 Å². The predicted molar refractivity (Wildman–Crippen MR) is 77.3 cm³/mol. The van der Waals surface area contributed by atoms with E-state index in [4.69, 9.17) is 16.3 Å². The van der Waals surface area contributed by atoms with Crippen molar-refractivity contribution in [3.8, 4) is 5.88 Å². The van der Waals surface area contributed by atoms with E-state index in [9.17, 15) is 0 Å². The number of benzene rings is 1. The van der Waals surface area contributed by atoms with Crippen LogP contribution in [0.1, 0.15) is 16.7 Å². The van der Waals surface area contributed by atoms with E-state index >= 15 is 0 Å². The third-order valence-electron chi connectivity index (χ3n) is 2.87. The standard InChI is InChI=1S/C15H17ClN2O/c1-19-15-14(3-2-8-18-15)11-17-10-13-6-4-12(9-16)5-7-13/h2-8,17H,9-11H2,1H3. The van der Waals surface area contributed by atoms with Gasteiger partial charge in [0.2, 0.25) is 5.88 Å². The predicted octanol–water partition coefficient (Wildman–Crippen LogP) is 3.12. The highest BCUT2D eigenvalue weighted by molar-refractivity contribution is 6.17. The molecule has 4 heteroatoms. The molecule has 2 rings (SSSR count). The van der Waals surface area contributed by atoms with Crippen LogP contribution in [-0.2, 0) is 19.0 Å². The van der Waals surface area contributed by atoms with Gasteiger partial charge in [0.1, 0.15) is 0 Å². The number of nitrogens with zero attached hydrogens (tertiary/aromatic N) is 1. The summed E-state index contributed by atoms with van der Waals surface area (Å²) in [5, 5.41) is 3.38. The van der Waals surface area contributed by atoms with E-state index in [1.54, 1.807) is 13.3 Å². The molecule has 0 radical (unpaired) electrons. The second-order valence-corrected chi connectivity index (χ2v) is 4.49. The first-order valence-corrected chi connectivity index (χ1v) is 6.69. The summed E-state index contributed by atoms with van der Waals surface area (Å²) in [6.45, 7) is 1.54. The summed E-state index contributed by atoms with van der Waals surface area (Å²) in [5.41, 5.74) is 3.43. The van der Waals surface area contributed by atoms with Gasteiger partial charge in [-0.3, -0.25) is 0 Å². The Morgan fingerprint density at radius 1 is 1.11 bits per heavy atom. The van der Waals surface area contributed by atoms with Gasteiger partial charge in [0.05, 0.1) is 7.11 Å². The molecular weight excluding hydrogens is 260 g/mol. The highest BCUT2D eigenvalue weighted by Crippen LogP contribution is 2.13. The molecular formula is C15H17ClN2O. The molecule has 0 aliphatic heterocycles. The zero-order chi connectivity index (χ0) is 13.5. The lowest BCUT2D eigenvalue weighted by Gasteiger charge is -2.08. The zero-order valence-corrected chi connectivity index (χ0v) is 11.7. The Labute approximate surface area is 118 Å². The molecule has 1 aromatic heterocycles. The lowest BCUT2D eigenvalue weighted by atomic mass is 10.1. The monoisotopic (exact) mass is 276 g/mol. The van der Waals surface area contributed by atoms with E-state index in [0.717, 1.165) is 24.2 Å². The number of hydrogen-bond donors (Lipinski definition) is 1. The van der Waals surface area contributed by atoms with Gasteiger partial charge < -0.3 is 10.1 Å². The minimum Gasteiger partial charge on any atom is -0.481 e. The number of nitrogens with one attached hydrogen (secondary N) is 1. The fourth-order valence-electron chi connectivity index (χ4n) is 1.83. The SMILES string of the molecule is COc1ncccc1CNCc1ccc(CCl)cc1. The molecule has 0 bridgehead atoms. The van der Waals surface area contributed by atoms with Crippen molar-refractivity contribution in [1.82, 2.24) is 10.3 Å². The number of ether oxygens (including phenoxy) is 1. The molecule has 2 aromatic rings. The van der Waals surface area contributed by atoms with Crippen molar-refractivity contribution >= 4 is 11.6 Å². The third kappa shape index (κ3) is 3.94. The molecule has 0 fully saturated rings. The smallest absolute Gasteiger partial charge is 0.217 e. The van der Waals surface area contributed by atoms with Crippen LogP contribution >= 0.6 is 11.6 Å². The molecule has 0 aliphatic carbocycles. The minimum absolute atomic E-state index is 0.556. The molecule has 0 saturated heterocycles. The number of rotatable bonds is 6. The van der Waals surface area contributed by atoms with E-state index < -0.39 is 0 Å². The van der Waals surface area contributed by atoms with E-state index in [1.165, 1.54) is 5.56 Å². The van der Waals surface area contributed by atoms with Crippen LogP contribution in [-0.4, -0.2) is 12.1 Å². The Bertz CT molecular complexity index is 514. The van der Waals surface area contributed by atoms with Crippen molar-refractivity contribution in [3.05, 3.63) is 59.3 Å². The fourth-order valence-corrected chi connectivity index (χ4v) is 2.01. The Hall–Kier alpha value is -1.58. The number of methoxy groups -OCH3 is 1. The molecule has 0 unspecified atom stereocenters. The average Bonchev–Trinajstić information content (AvgIpc) is 2.48. The van der Waals surface area contributed by atoms with Gasteiger partial charge >= 0.3 is 0 Å². The lowest BCUT2D eigenvalue weighted by molar-refractivity contribution is 0.390. The van der Waals surface area contributed by atoms with Crippen molar-refractivity contribution in [2.45, 2.75) is 19.0 Å². The van der Waals surface area contributed by atoms with E-state index in [0.29, 0.717) is 11.8 Å². The largest absolute Gasteiger partial charge is 0.481 e. The maximum Gasteiger partial charge on any atom is 0.217 e. The summed E-state index contributed by atoms with van der Waals surface area (Å²) >= 11 is 5.76. The zero-order valence-electron chi connectivity index (χ0n) is 10.9. The first-order valence-electron chi connectivity index (χ1n) is 6.16. The van der Waals surface area contributed by atoms with Gasteiger partial charge in [-0.25, -0.2) is 4.98 Å². The van der Waals surface area contributed by atoms with Gasteiger partial charge in [-0.2, -0.15) is 0 Å².